The number of nitrogens with zero attached hydrogens (tertiary/aromatic N) is 6. The molecule has 0 spiro atoms. The summed E-state index contributed by atoms with van der Waals surface area (Å²) in [5.74, 6) is 3.17. The third kappa shape index (κ3) is 11.1. The van der Waals surface area contributed by atoms with Crippen molar-refractivity contribution in [2.24, 2.45) is 0 Å². The van der Waals surface area contributed by atoms with E-state index in [1.54, 1.807) is 0 Å². The van der Waals surface area contributed by atoms with Gasteiger partial charge in [-0.05, 0) is 163 Å². The van der Waals surface area contributed by atoms with E-state index in [0.29, 0.717) is 29.1 Å². The van der Waals surface area contributed by atoms with Crippen LogP contribution in [0, 0.1) is 0 Å². The Hall–Kier alpha value is -10.0. The molecular formula is C83H70BClN6O2. The molecule has 1 aliphatic heterocycles. The summed E-state index contributed by atoms with van der Waals surface area (Å²) >= 11 is 6.22. The lowest BCUT2D eigenvalue weighted by Gasteiger charge is -2.32. The summed E-state index contributed by atoms with van der Waals surface area (Å²) in [6, 6.07) is 89.1. The molecule has 8 nitrogen and oxygen atoms in total. The predicted octanol–water partition coefficient (Wildman–Crippen LogP) is 20.6. The van der Waals surface area contributed by atoms with Crippen LogP contribution in [-0.4, -0.2) is 48.2 Å². The van der Waals surface area contributed by atoms with Crippen LogP contribution in [0.25, 0.3) is 122 Å². The molecular weight excluding hydrogens is 1160 g/mol. The Labute approximate surface area is 549 Å². The first-order chi connectivity index (χ1) is 44.4. The number of hydrogen-bond acceptors (Lipinski definition) is 8. The second-order valence-corrected chi connectivity index (χ2v) is 26.6. The quantitative estimate of drug-likeness (QED) is 0.152. The van der Waals surface area contributed by atoms with Crippen LogP contribution in [0.2, 0.25) is 5.28 Å². The first-order valence-electron chi connectivity index (χ1n) is 31.4. The van der Waals surface area contributed by atoms with Crippen LogP contribution in [0.1, 0.15) is 85.1 Å². The highest BCUT2D eigenvalue weighted by atomic mass is 35.5. The Kier molecular flexibility index (Phi) is 15.3. The molecule has 0 radical (unpaired) electrons. The van der Waals surface area contributed by atoms with E-state index in [9.17, 15) is 0 Å². The van der Waals surface area contributed by atoms with Crippen LogP contribution in [0.3, 0.4) is 0 Å². The number of aromatic nitrogens is 6. The first-order valence-corrected chi connectivity index (χ1v) is 31.8. The molecule has 12 aromatic carbocycles. The van der Waals surface area contributed by atoms with Gasteiger partial charge in [-0.25, -0.2) is 19.9 Å². The molecule has 2 aromatic heterocycles. The topological polar surface area (TPSA) is 95.8 Å². The zero-order valence-electron chi connectivity index (χ0n) is 52.7. The summed E-state index contributed by atoms with van der Waals surface area (Å²) in [4.78, 5) is 28.5. The maximum absolute atomic E-state index is 6.23. The van der Waals surface area contributed by atoms with Gasteiger partial charge in [0.25, 0.3) is 0 Å². The van der Waals surface area contributed by atoms with E-state index in [4.69, 9.17) is 35.9 Å². The van der Waals surface area contributed by atoms with Crippen LogP contribution in [-0.2, 0) is 20.1 Å². The number of rotatable bonds is 6. The van der Waals surface area contributed by atoms with Gasteiger partial charge in [0.05, 0.1) is 11.2 Å². The van der Waals surface area contributed by atoms with Crippen LogP contribution < -0.4 is 5.46 Å². The molecule has 17 rings (SSSR count). The van der Waals surface area contributed by atoms with Gasteiger partial charge >= 0.3 is 7.12 Å². The van der Waals surface area contributed by atoms with E-state index in [1.807, 2.05) is 36.4 Å². The van der Waals surface area contributed by atoms with Gasteiger partial charge in [-0.2, -0.15) is 9.97 Å². The minimum atomic E-state index is -0.310. The van der Waals surface area contributed by atoms with Gasteiger partial charge in [0.1, 0.15) is 0 Å². The van der Waals surface area contributed by atoms with Crippen molar-refractivity contribution in [3.8, 4) is 79.2 Å². The van der Waals surface area contributed by atoms with E-state index in [1.165, 1.54) is 66.1 Å². The van der Waals surface area contributed by atoms with Crippen molar-refractivity contribution in [3.05, 3.63) is 282 Å². The van der Waals surface area contributed by atoms with Crippen LogP contribution >= 0.6 is 11.6 Å². The first kappa shape index (κ1) is 60.5. The average Bonchev–Trinajstić information content (AvgIpc) is 1.60. The summed E-state index contributed by atoms with van der Waals surface area (Å²) in [7, 11) is -0.306. The second kappa shape index (κ2) is 23.6. The zero-order chi connectivity index (χ0) is 63.1. The Balaban J connectivity index is 0.000000126. The third-order valence-electron chi connectivity index (χ3n) is 19.2. The molecule has 1 saturated heterocycles. The lowest BCUT2D eigenvalue weighted by Crippen LogP contribution is -2.41. The average molecular weight is 1230 g/mol. The minimum absolute atomic E-state index is 0. The SMILES string of the molecule is C.CC1(C)c2ccccc2-c2ccc(-c3nc(-c4ccc5ccccc5c4)nc(-c4ccc5ccccc5c4)n3)cc21.CC1(C)c2ccccc2-c2ccc(B3OC(C)(C)C(C)(C)O3)cc21.Clc1nc(-c2ccc3ccccc3c2)nc(-c2ccc3ccccc3c2)n1. The molecule has 93 heavy (non-hydrogen) atoms. The molecule has 0 bridgehead atoms. The largest absolute Gasteiger partial charge is 0.494 e. The van der Waals surface area contributed by atoms with Crippen molar-refractivity contribution in [3.63, 3.8) is 0 Å². The van der Waals surface area contributed by atoms with E-state index < -0.39 is 0 Å². The summed E-state index contributed by atoms with van der Waals surface area (Å²) in [6.45, 7) is 17.6. The van der Waals surface area contributed by atoms with E-state index in [2.05, 4.69) is 289 Å². The lowest BCUT2D eigenvalue weighted by molar-refractivity contribution is 0.00578. The fourth-order valence-corrected chi connectivity index (χ4v) is 13.5. The molecule has 10 heteroatoms. The lowest BCUT2D eigenvalue weighted by atomic mass is 9.74. The number of hydrogen-bond donors (Lipinski definition) is 0. The molecule has 0 saturated carbocycles. The van der Waals surface area contributed by atoms with Crippen LogP contribution in [0.15, 0.2) is 255 Å². The van der Waals surface area contributed by atoms with E-state index in [0.717, 1.165) is 54.8 Å². The van der Waals surface area contributed by atoms with Gasteiger partial charge in [-0.15, -0.1) is 0 Å². The minimum Gasteiger partial charge on any atom is -0.399 e. The number of fused-ring (bicyclic) bond motifs is 10. The van der Waals surface area contributed by atoms with Crippen LogP contribution in [0.4, 0.5) is 0 Å². The summed E-state index contributed by atoms with van der Waals surface area (Å²) < 4.78 is 12.5. The summed E-state index contributed by atoms with van der Waals surface area (Å²) in [6.07, 6.45) is 0. The highest BCUT2D eigenvalue weighted by molar-refractivity contribution is 6.62. The Morgan fingerprint density at radius 1 is 0.280 bits per heavy atom. The van der Waals surface area contributed by atoms with Crippen molar-refractivity contribution in [2.45, 2.75) is 84.8 Å². The molecule has 3 aliphatic rings. The highest BCUT2D eigenvalue weighted by Gasteiger charge is 2.52. The maximum atomic E-state index is 6.23. The second-order valence-electron chi connectivity index (χ2n) is 26.3. The molecule has 1 fully saturated rings. The van der Waals surface area contributed by atoms with Gasteiger partial charge in [-0.1, -0.05) is 260 Å². The molecule has 454 valence electrons. The third-order valence-corrected chi connectivity index (χ3v) is 19.4. The number of halogens is 1. The predicted molar refractivity (Wildman–Crippen MR) is 386 cm³/mol. The molecule has 3 heterocycles. The fourth-order valence-electron chi connectivity index (χ4n) is 13.4. The summed E-state index contributed by atoms with van der Waals surface area (Å²) in [5, 5.41) is 9.54. The van der Waals surface area contributed by atoms with E-state index >= 15 is 0 Å². The van der Waals surface area contributed by atoms with E-state index in [-0.39, 0.29) is 41.9 Å². The molecule has 0 atom stereocenters. The van der Waals surface area contributed by atoms with Crippen molar-refractivity contribution in [1.82, 2.24) is 29.9 Å². The monoisotopic (exact) mass is 1230 g/mol. The number of benzene rings is 12. The standard InChI is InChI=1S/C38H27N3.C23H14ClN3.C21H25BO2.CH4/c1-38(2)33-14-8-7-13-31(33)32-20-19-30(23-34(32)38)37-40-35(28-17-15-24-9-3-5-11-26(24)21-28)39-36(41-37)29-18-16-25-10-4-6-12-27(25)22-29;24-23-26-21(19-11-9-15-5-1-3-7-17(15)13-19)25-22(27-23)20-12-10-16-6-2-4-8-18(16)14-20;1-19(2)17-10-8-7-9-15(17)16-12-11-14(13-18(16)19)22-23-20(3,4)21(5,6)24-22;/h3-23H,1-2H3;1-14H;7-13H,1-6H3;1H4. The normalized spacial score (nSPS) is 14.9. The Morgan fingerprint density at radius 3 is 0.935 bits per heavy atom. The molecule has 0 unspecified atom stereocenters. The van der Waals surface area contributed by atoms with Gasteiger partial charge in [-0.3, -0.25) is 0 Å². The molecule has 0 N–H and O–H groups in total. The van der Waals surface area contributed by atoms with Crippen molar-refractivity contribution >= 4 is 67.3 Å². The van der Waals surface area contributed by atoms with Crippen molar-refractivity contribution in [2.75, 3.05) is 0 Å². The summed E-state index contributed by atoms with van der Waals surface area (Å²) in [5.41, 5.74) is 15.9. The highest BCUT2D eigenvalue weighted by Crippen LogP contribution is 2.51. The van der Waals surface area contributed by atoms with Gasteiger partial charge in [0.2, 0.25) is 5.28 Å². The Morgan fingerprint density at radius 2 is 0.559 bits per heavy atom. The maximum Gasteiger partial charge on any atom is 0.494 e. The fraction of sp³-hybridized carbons (Fsp3) is 0.157. The zero-order valence-corrected chi connectivity index (χ0v) is 53.5. The molecule has 14 aromatic rings. The van der Waals surface area contributed by atoms with Gasteiger partial charge in [0, 0.05) is 38.6 Å². The van der Waals surface area contributed by atoms with Gasteiger partial charge in [0.15, 0.2) is 29.1 Å². The smallest absolute Gasteiger partial charge is 0.399 e. The Bertz CT molecular complexity index is 5040. The molecule has 2 aliphatic carbocycles. The van der Waals surface area contributed by atoms with Crippen LogP contribution in [0.5, 0.6) is 0 Å². The van der Waals surface area contributed by atoms with Gasteiger partial charge < -0.3 is 9.31 Å². The van der Waals surface area contributed by atoms with Crippen molar-refractivity contribution in [1.29, 1.82) is 0 Å². The van der Waals surface area contributed by atoms with Crippen molar-refractivity contribution < 1.29 is 9.31 Å². The molecule has 0 amide bonds.